The maximum Gasteiger partial charge on any atom is 0.224 e. The van der Waals surface area contributed by atoms with Gasteiger partial charge in [-0.2, -0.15) is 0 Å². The molecule has 2 atom stereocenters. The van der Waals surface area contributed by atoms with Crippen LogP contribution in [0, 0.1) is 0 Å². The Labute approximate surface area is 166 Å². The van der Waals surface area contributed by atoms with Gasteiger partial charge in [0.25, 0.3) is 0 Å². The lowest BCUT2D eigenvalue weighted by Gasteiger charge is -2.29. The molecule has 0 aromatic heterocycles. The Morgan fingerprint density at radius 2 is 2.11 bits per heavy atom. The summed E-state index contributed by atoms with van der Waals surface area (Å²) in [5, 5.41) is 0.435. The van der Waals surface area contributed by atoms with Crippen molar-refractivity contribution in [2.75, 3.05) is 20.1 Å². The largest absolute Gasteiger partial charge is 0.338 e. The summed E-state index contributed by atoms with van der Waals surface area (Å²) in [6.45, 7) is 1.04. The van der Waals surface area contributed by atoms with Crippen LogP contribution in [0.2, 0.25) is 5.02 Å². The van der Waals surface area contributed by atoms with E-state index in [-0.39, 0.29) is 29.7 Å². The van der Waals surface area contributed by atoms with Gasteiger partial charge in [-0.05, 0) is 49.8 Å². The molecule has 8 heteroatoms. The molecule has 1 aromatic carbocycles. The van der Waals surface area contributed by atoms with E-state index in [0.29, 0.717) is 24.5 Å². The fourth-order valence-electron chi connectivity index (χ4n) is 3.76. The summed E-state index contributed by atoms with van der Waals surface area (Å²) in [5.74, 6) is 0.00393. The minimum Gasteiger partial charge on any atom is -0.338 e. The maximum atomic E-state index is 12.8. The molecular weight excluding hydrogens is 386 g/mol. The number of amides is 1. The monoisotopic (exact) mass is 413 g/mol. The fourth-order valence-corrected chi connectivity index (χ4v) is 5.59. The summed E-state index contributed by atoms with van der Waals surface area (Å²) >= 11 is 6.00. The van der Waals surface area contributed by atoms with Crippen molar-refractivity contribution in [2.45, 2.75) is 55.9 Å². The molecule has 27 heavy (non-hydrogen) atoms. The SMILES string of the molecule is CN(C[C@@H]1CCCN1C(=O)CC(N)Cc1cccc(Cl)c1)S(=O)(=O)C1CC1. The van der Waals surface area contributed by atoms with Crippen LogP contribution in [-0.2, 0) is 21.2 Å². The Morgan fingerprint density at radius 3 is 2.78 bits per heavy atom. The van der Waals surface area contributed by atoms with E-state index in [2.05, 4.69) is 0 Å². The van der Waals surface area contributed by atoms with E-state index in [9.17, 15) is 13.2 Å². The average molecular weight is 414 g/mol. The van der Waals surface area contributed by atoms with Crippen LogP contribution >= 0.6 is 11.6 Å². The topological polar surface area (TPSA) is 83.7 Å². The van der Waals surface area contributed by atoms with Gasteiger partial charge in [0.2, 0.25) is 15.9 Å². The summed E-state index contributed by atoms with van der Waals surface area (Å²) in [6, 6.07) is 7.15. The van der Waals surface area contributed by atoms with Gasteiger partial charge in [-0.3, -0.25) is 4.79 Å². The van der Waals surface area contributed by atoms with Crippen molar-refractivity contribution < 1.29 is 13.2 Å². The zero-order chi connectivity index (χ0) is 19.6. The van der Waals surface area contributed by atoms with Gasteiger partial charge < -0.3 is 10.6 Å². The van der Waals surface area contributed by atoms with Crippen LogP contribution < -0.4 is 5.73 Å². The second kappa shape index (κ2) is 8.47. The molecule has 6 nitrogen and oxygen atoms in total. The van der Waals surface area contributed by atoms with E-state index in [4.69, 9.17) is 17.3 Å². The quantitative estimate of drug-likeness (QED) is 0.706. The molecule has 2 N–H and O–H groups in total. The lowest BCUT2D eigenvalue weighted by Crippen LogP contribution is -2.46. The summed E-state index contributed by atoms with van der Waals surface area (Å²) in [5.41, 5.74) is 7.20. The third-order valence-electron chi connectivity index (χ3n) is 5.37. The molecule has 3 rings (SSSR count). The summed E-state index contributed by atoms with van der Waals surface area (Å²) in [4.78, 5) is 14.6. The molecule has 2 aliphatic rings. The van der Waals surface area contributed by atoms with Gasteiger partial charge in [0, 0.05) is 43.7 Å². The van der Waals surface area contributed by atoms with Crippen molar-refractivity contribution >= 4 is 27.5 Å². The van der Waals surface area contributed by atoms with Crippen LogP contribution in [0.3, 0.4) is 0 Å². The summed E-state index contributed by atoms with van der Waals surface area (Å²) in [6.07, 6.45) is 4.07. The number of rotatable bonds is 8. The van der Waals surface area contributed by atoms with E-state index in [1.165, 1.54) is 4.31 Å². The van der Waals surface area contributed by atoms with Gasteiger partial charge in [-0.25, -0.2) is 12.7 Å². The molecule has 1 saturated carbocycles. The first-order chi connectivity index (χ1) is 12.8. The van der Waals surface area contributed by atoms with Crippen molar-refractivity contribution in [3.05, 3.63) is 34.9 Å². The third-order valence-corrected chi connectivity index (χ3v) is 7.94. The van der Waals surface area contributed by atoms with Crippen molar-refractivity contribution in [3.8, 4) is 0 Å². The molecule has 2 fully saturated rings. The number of carbonyl (C=O) groups excluding carboxylic acids is 1. The fraction of sp³-hybridized carbons (Fsp3) is 0.632. The first kappa shape index (κ1) is 20.6. The zero-order valence-electron chi connectivity index (χ0n) is 15.7. The number of likely N-dealkylation sites (N-methyl/N-ethyl adjacent to an activating group) is 1. The standard InChI is InChI=1S/C19H28ClN3O3S/c1-22(27(25,26)18-7-8-18)13-17-6-3-9-23(17)19(24)12-16(21)11-14-4-2-5-15(20)10-14/h2,4-5,10,16-18H,3,6-9,11-13,21H2,1H3/t16?,17-/m0/s1. The van der Waals surface area contributed by atoms with Crippen molar-refractivity contribution in [1.82, 2.24) is 9.21 Å². The highest BCUT2D eigenvalue weighted by atomic mass is 35.5. The molecule has 1 amide bonds. The lowest BCUT2D eigenvalue weighted by molar-refractivity contribution is -0.132. The van der Waals surface area contributed by atoms with Gasteiger partial charge in [-0.15, -0.1) is 0 Å². The van der Waals surface area contributed by atoms with Gasteiger partial charge in [0.05, 0.1) is 5.25 Å². The van der Waals surface area contributed by atoms with E-state index in [1.54, 1.807) is 7.05 Å². The van der Waals surface area contributed by atoms with Crippen LogP contribution in [-0.4, -0.2) is 61.0 Å². The molecule has 150 valence electrons. The third kappa shape index (κ3) is 5.22. The van der Waals surface area contributed by atoms with E-state index in [0.717, 1.165) is 31.2 Å². The smallest absolute Gasteiger partial charge is 0.224 e. The number of benzene rings is 1. The van der Waals surface area contributed by atoms with E-state index >= 15 is 0 Å². The Balaban J connectivity index is 1.55. The lowest BCUT2D eigenvalue weighted by atomic mass is 10.0. The Kier molecular flexibility index (Phi) is 6.46. The minimum atomic E-state index is -3.21. The van der Waals surface area contributed by atoms with Crippen LogP contribution in [0.25, 0.3) is 0 Å². The molecule has 0 spiro atoms. The number of sulfonamides is 1. The maximum absolute atomic E-state index is 12.8. The normalized spacial score (nSPS) is 21.6. The Bertz CT molecular complexity index is 782. The summed E-state index contributed by atoms with van der Waals surface area (Å²) < 4.78 is 26.2. The second-order valence-electron chi connectivity index (χ2n) is 7.71. The molecule has 1 aromatic rings. The highest BCUT2D eigenvalue weighted by molar-refractivity contribution is 7.90. The highest BCUT2D eigenvalue weighted by Gasteiger charge is 2.40. The molecule has 1 aliphatic heterocycles. The first-order valence-corrected chi connectivity index (χ1v) is 11.4. The van der Waals surface area contributed by atoms with E-state index < -0.39 is 10.0 Å². The number of nitrogens with zero attached hydrogens (tertiary/aromatic N) is 2. The van der Waals surface area contributed by atoms with Gasteiger partial charge >= 0.3 is 0 Å². The molecule has 1 heterocycles. The van der Waals surface area contributed by atoms with Crippen molar-refractivity contribution in [3.63, 3.8) is 0 Å². The molecule has 0 radical (unpaired) electrons. The Morgan fingerprint density at radius 1 is 1.37 bits per heavy atom. The highest BCUT2D eigenvalue weighted by Crippen LogP contribution is 2.31. The van der Waals surface area contributed by atoms with Gasteiger partial charge in [0.1, 0.15) is 0 Å². The molecule has 1 aliphatic carbocycles. The number of hydrogen-bond acceptors (Lipinski definition) is 4. The first-order valence-electron chi connectivity index (χ1n) is 9.52. The molecule has 1 unspecified atom stereocenters. The predicted molar refractivity (Wildman–Crippen MR) is 107 cm³/mol. The van der Waals surface area contributed by atoms with Crippen molar-refractivity contribution in [1.29, 1.82) is 0 Å². The van der Waals surface area contributed by atoms with E-state index in [1.807, 2.05) is 29.2 Å². The summed E-state index contributed by atoms with van der Waals surface area (Å²) in [7, 11) is -1.59. The van der Waals surface area contributed by atoms with Crippen LogP contribution in [0.5, 0.6) is 0 Å². The molecule has 1 saturated heterocycles. The number of hydrogen-bond donors (Lipinski definition) is 1. The predicted octanol–water partition coefficient (Wildman–Crippen LogP) is 2.01. The van der Waals surface area contributed by atoms with Gasteiger partial charge in [-0.1, -0.05) is 23.7 Å². The average Bonchev–Trinajstić information content (AvgIpc) is 3.35. The molecule has 0 bridgehead atoms. The van der Waals surface area contributed by atoms with Crippen LogP contribution in [0.1, 0.15) is 37.7 Å². The van der Waals surface area contributed by atoms with Crippen LogP contribution in [0.15, 0.2) is 24.3 Å². The van der Waals surface area contributed by atoms with Crippen LogP contribution in [0.4, 0.5) is 0 Å². The van der Waals surface area contributed by atoms with Crippen molar-refractivity contribution in [2.24, 2.45) is 5.73 Å². The minimum absolute atomic E-state index is 0.00393. The number of nitrogens with two attached hydrogens (primary N) is 1. The molecular formula is C19H28ClN3O3S. The van der Waals surface area contributed by atoms with Gasteiger partial charge in [0.15, 0.2) is 0 Å². The zero-order valence-corrected chi connectivity index (χ0v) is 17.3. The number of carbonyl (C=O) groups is 1. The second-order valence-corrected chi connectivity index (χ2v) is 10.5. The Hall–Kier alpha value is -1.15. The number of likely N-dealkylation sites (tertiary alicyclic amines) is 1. The number of halogens is 1.